The Morgan fingerprint density at radius 1 is 1.50 bits per heavy atom. The van der Waals surface area contributed by atoms with E-state index in [-0.39, 0.29) is 6.10 Å². The number of nitrogens with zero attached hydrogens (tertiary/aromatic N) is 1. The Balaban J connectivity index is 2.59. The predicted molar refractivity (Wildman–Crippen MR) is 65.3 cm³/mol. The molecule has 2 N–H and O–H groups in total. The van der Waals surface area contributed by atoms with E-state index in [0.29, 0.717) is 18.5 Å². The van der Waals surface area contributed by atoms with Crippen LogP contribution in [0.25, 0.3) is 0 Å². The maximum absolute atomic E-state index is 9.41. The van der Waals surface area contributed by atoms with Gasteiger partial charge in [-0.05, 0) is 37.5 Å². The van der Waals surface area contributed by atoms with Gasteiger partial charge in [-0.3, -0.25) is 0 Å². The molecular weight excluding hydrogens is 200 g/mol. The average Bonchev–Trinajstić information content (AvgIpc) is 2.29. The van der Waals surface area contributed by atoms with Crippen molar-refractivity contribution >= 4 is 5.69 Å². The minimum atomic E-state index is -0.261. The zero-order chi connectivity index (χ0) is 12.0. The highest BCUT2D eigenvalue weighted by molar-refractivity contribution is 5.58. The van der Waals surface area contributed by atoms with Gasteiger partial charge in [0.05, 0.1) is 17.4 Å². The molecule has 1 aromatic carbocycles. The summed E-state index contributed by atoms with van der Waals surface area (Å²) >= 11 is 0. The van der Waals surface area contributed by atoms with Gasteiger partial charge in [0.2, 0.25) is 0 Å². The molecule has 1 atom stereocenters. The molecule has 1 unspecified atom stereocenters. The number of hydrogen-bond acceptors (Lipinski definition) is 3. The lowest BCUT2D eigenvalue weighted by Crippen LogP contribution is -2.12. The van der Waals surface area contributed by atoms with Gasteiger partial charge in [-0.15, -0.1) is 0 Å². The smallest absolute Gasteiger partial charge is 0.101 e. The van der Waals surface area contributed by atoms with E-state index in [0.717, 1.165) is 17.7 Å². The first-order chi connectivity index (χ1) is 7.67. The van der Waals surface area contributed by atoms with Gasteiger partial charge < -0.3 is 10.4 Å². The molecule has 0 bridgehead atoms. The quantitative estimate of drug-likeness (QED) is 0.798. The van der Waals surface area contributed by atoms with E-state index in [1.165, 1.54) is 0 Å². The largest absolute Gasteiger partial charge is 0.393 e. The van der Waals surface area contributed by atoms with Crippen LogP contribution >= 0.6 is 0 Å². The summed E-state index contributed by atoms with van der Waals surface area (Å²) in [5.74, 6) is 0. The number of rotatable bonds is 5. The highest BCUT2D eigenvalue weighted by atomic mass is 16.3. The average molecular weight is 218 g/mol. The summed E-state index contributed by atoms with van der Waals surface area (Å²) in [5, 5.41) is 21.5. The molecule has 86 valence electrons. The van der Waals surface area contributed by atoms with Crippen LogP contribution in [0.3, 0.4) is 0 Å². The van der Waals surface area contributed by atoms with E-state index in [1.807, 2.05) is 32.0 Å². The third kappa shape index (κ3) is 3.56. The second-order valence-electron chi connectivity index (χ2n) is 3.94. The minimum Gasteiger partial charge on any atom is -0.393 e. The van der Waals surface area contributed by atoms with Gasteiger partial charge in [0.25, 0.3) is 0 Å². The summed E-state index contributed by atoms with van der Waals surface area (Å²) < 4.78 is 0. The Labute approximate surface area is 96.7 Å². The second-order valence-corrected chi connectivity index (χ2v) is 3.94. The molecule has 1 aromatic rings. The number of benzene rings is 1. The Morgan fingerprint density at radius 3 is 2.88 bits per heavy atom. The van der Waals surface area contributed by atoms with Crippen molar-refractivity contribution < 1.29 is 5.11 Å². The van der Waals surface area contributed by atoms with Crippen LogP contribution in [0.5, 0.6) is 0 Å². The number of nitriles is 1. The highest BCUT2D eigenvalue weighted by Gasteiger charge is 2.03. The lowest BCUT2D eigenvalue weighted by atomic mass is 10.1. The SMILES string of the molecule is CCC(O)CCNc1cc(C)ccc1C#N. The van der Waals surface area contributed by atoms with Crippen LogP contribution in [0.2, 0.25) is 0 Å². The standard InChI is InChI=1S/C13H18N2O/c1-3-12(16)6-7-15-13-8-10(2)4-5-11(13)9-14/h4-5,8,12,15-16H,3,6-7H2,1-2H3. The summed E-state index contributed by atoms with van der Waals surface area (Å²) in [6.07, 6.45) is 1.21. The summed E-state index contributed by atoms with van der Waals surface area (Å²) in [6, 6.07) is 7.84. The van der Waals surface area contributed by atoms with Crippen molar-refractivity contribution in [1.82, 2.24) is 0 Å². The van der Waals surface area contributed by atoms with Crippen LogP contribution in [-0.2, 0) is 0 Å². The first-order valence-corrected chi connectivity index (χ1v) is 5.60. The number of aliphatic hydroxyl groups is 1. The molecule has 0 radical (unpaired) electrons. The molecule has 0 heterocycles. The van der Waals surface area contributed by atoms with Crippen LogP contribution in [0.15, 0.2) is 18.2 Å². The van der Waals surface area contributed by atoms with E-state index in [9.17, 15) is 5.11 Å². The zero-order valence-electron chi connectivity index (χ0n) is 9.83. The van der Waals surface area contributed by atoms with Gasteiger partial charge in [0.1, 0.15) is 6.07 Å². The molecule has 3 heteroatoms. The third-order valence-corrected chi connectivity index (χ3v) is 2.56. The maximum atomic E-state index is 9.41. The fourth-order valence-electron chi connectivity index (χ4n) is 1.48. The van der Waals surface area contributed by atoms with Crippen molar-refractivity contribution in [3.63, 3.8) is 0 Å². The van der Waals surface area contributed by atoms with Crippen LogP contribution in [0.4, 0.5) is 5.69 Å². The first kappa shape index (κ1) is 12.5. The van der Waals surface area contributed by atoms with Crippen molar-refractivity contribution in [3.05, 3.63) is 29.3 Å². The molecule has 0 fully saturated rings. The van der Waals surface area contributed by atoms with Crippen LogP contribution < -0.4 is 5.32 Å². The fraction of sp³-hybridized carbons (Fsp3) is 0.462. The van der Waals surface area contributed by atoms with Gasteiger partial charge in [-0.2, -0.15) is 5.26 Å². The Kier molecular flexibility index (Phi) is 4.81. The molecule has 0 saturated heterocycles. The lowest BCUT2D eigenvalue weighted by Gasteiger charge is -2.11. The van der Waals surface area contributed by atoms with E-state index in [1.54, 1.807) is 0 Å². The molecule has 0 spiro atoms. The lowest BCUT2D eigenvalue weighted by molar-refractivity contribution is 0.164. The molecule has 0 aliphatic carbocycles. The van der Waals surface area contributed by atoms with Crippen molar-refractivity contribution in [1.29, 1.82) is 5.26 Å². The van der Waals surface area contributed by atoms with Gasteiger partial charge in [-0.1, -0.05) is 13.0 Å². The summed E-state index contributed by atoms with van der Waals surface area (Å²) in [6.45, 7) is 4.64. The van der Waals surface area contributed by atoms with E-state index in [4.69, 9.17) is 5.26 Å². The molecule has 0 amide bonds. The van der Waals surface area contributed by atoms with Crippen LogP contribution in [-0.4, -0.2) is 17.8 Å². The Hall–Kier alpha value is -1.53. The normalized spacial score (nSPS) is 11.9. The third-order valence-electron chi connectivity index (χ3n) is 2.56. The number of hydrogen-bond donors (Lipinski definition) is 2. The monoisotopic (exact) mass is 218 g/mol. The molecule has 0 aromatic heterocycles. The minimum absolute atomic E-state index is 0.261. The Morgan fingerprint density at radius 2 is 2.25 bits per heavy atom. The van der Waals surface area contributed by atoms with Gasteiger partial charge in [0.15, 0.2) is 0 Å². The van der Waals surface area contributed by atoms with Gasteiger partial charge in [0, 0.05) is 6.54 Å². The van der Waals surface area contributed by atoms with Crippen LogP contribution in [0.1, 0.15) is 30.9 Å². The van der Waals surface area contributed by atoms with E-state index >= 15 is 0 Å². The van der Waals surface area contributed by atoms with Crippen LogP contribution in [0, 0.1) is 18.3 Å². The molecular formula is C13H18N2O. The summed E-state index contributed by atoms with van der Waals surface area (Å²) in [4.78, 5) is 0. The molecule has 0 aliphatic rings. The Bertz CT molecular complexity index is 382. The molecule has 1 rings (SSSR count). The topological polar surface area (TPSA) is 56.0 Å². The summed E-state index contributed by atoms with van der Waals surface area (Å²) in [5.41, 5.74) is 2.62. The maximum Gasteiger partial charge on any atom is 0.101 e. The van der Waals surface area contributed by atoms with Crippen molar-refractivity contribution in [2.45, 2.75) is 32.8 Å². The number of aliphatic hydroxyl groups excluding tert-OH is 1. The van der Waals surface area contributed by atoms with Crippen molar-refractivity contribution in [3.8, 4) is 6.07 Å². The molecule has 0 saturated carbocycles. The second kappa shape index (κ2) is 6.14. The van der Waals surface area contributed by atoms with E-state index in [2.05, 4.69) is 11.4 Å². The van der Waals surface area contributed by atoms with Crippen molar-refractivity contribution in [2.75, 3.05) is 11.9 Å². The number of nitrogens with one attached hydrogen (secondary N) is 1. The number of aryl methyl sites for hydroxylation is 1. The van der Waals surface area contributed by atoms with Crippen molar-refractivity contribution in [2.24, 2.45) is 0 Å². The number of anilines is 1. The fourth-order valence-corrected chi connectivity index (χ4v) is 1.48. The molecule has 0 aliphatic heterocycles. The van der Waals surface area contributed by atoms with E-state index < -0.39 is 0 Å². The zero-order valence-corrected chi connectivity index (χ0v) is 9.83. The summed E-state index contributed by atoms with van der Waals surface area (Å²) in [7, 11) is 0. The van der Waals surface area contributed by atoms with Gasteiger partial charge in [-0.25, -0.2) is 0 Å². The van der Waals surface area contributed by atoms with Gasteiger partial charge >= 0.3 is 0 Å². The molecule has 3 nitrogen and oxygen atoms in total. The first-order valence-electron chi connectivity index (χ1n) is 5.60. The highest BCUT2D eigenvalue weighted by Crippen LogP contribution is 2.16. The predicted octanol–water partition coefficient (Wildman–Crippen LogP) is 2.44. The molecule has 16 heavy (non-hydrogen) atoms.